The number of hydrogen-bond donors (Lipinski definition) is 2. The Morgan fingerprint density at radius 1 is 1.11 bits per heavy atom. The van der Waals surface area contributed by atoms with Crippen molar-refractivity contribution in [1.82, 2.24) is 5.32 Å². The van der Waals surface area contributed by atoms with Crippen LogP contribution in [0.2, 0.25) is 25.7 Å². The number of carbonyl (C=O) groups is 2. The summed E-state index contributed by atoms with van der Waals surface area (Å²) in [6.07, 6.45) is -0.372. The van der Waals surface area contributed by atoms with E-state index in [2.05, 4.69) is 29.7 Å². The van der Waals surface area contributed by atoms with Gasteiger partial charge < -0.3 is 20.5 Å². The van der Waals surface area contributed by atoms with Gasteiger partial charge in [-0.05, 0) is 23.1 Å². The Kier molecular flexibility index (Phi) is 6.85. The molecule has 0 aliphatic carbocycles. The molecule has 0 heterocycles. The molecule has 1 atom stereocenters. The number of anilines is 1. The third-order valence-electron chi connectivity index (χ3n) is 4.33. The van der Waals surface area contributed by atoms with E-state index in [0.717, 1.165) is 22.4 Å². The van der Waals surface area contributed by atoms with Crippen molar-refractivity contribution in [3.05, 3.63) is 42.0 Å². The number of rotatable bonds is 7. The maximum Gasteiger partial charge on any atom is 0.407 e. The molecule has 2 rings (SSSR count). The highest BCUT2D eigenvalue weighted by atomic mass is 28.3. The maximum absolute atomic E-state index is 12.6. The molecule has 0 saturated carbocycles. The third-order valence-corrected chi connectivity index (χ3v) is 6.03. The van der Waals surface area contributed by atoms with Crippen LogP contribution in [0.3, 0.4) is 0 Å². The van der Waals surface area contributed by atoms with Gasteiger partial charge in [0.2, 0.25) is 0 Å². The van der Waals surface area contributed by atoms with Crippen molar-refractivity contribution in [3.63, 3.8) is 0 Å². The predicted octanol–water partition coefficient (Wildman–Crippen LogP) is 3.57. The summed E-state index contributed by atoms with van der Waals surface area (Å²) in [4.78, 5) is 24.3. The molecule has 0 aromatic heterocycles. The minimum absolute atomic E-state index is 0.293. The number of methoxy groups -OCH3 is 1. The average Bonchev–Trinajstić information content (AvgIpc) is 2.62. The zero-order valence-corrected chi connectivity index (χ0v) is 17.4. The van der Waals surface area contributed by atoms with Crippen molar-refractivity contribution >= 4 is 36.6 Å². The van der Waals surface area contributed by atoms with Crippen molar-refractivity contribution in [2.75, 3.05) is 19.5 Å². The fourth-order valence-electron chi connectivity index (χ4n) is 2.74. The van der Waals surface area contributed by atoms with Gasteiger partial charge in [-0.25, -0.2) is 9.59 Å². The van der Waals surface area contributed by atoms with Crippen LogP contribution in [0.15, 0.2) is 36.4 Å². The molecular weight excluding hydrogens is 360 g/mol. The topological polar surface area (TPSA) is 90.6 Å². The minimum Gasteiger partial charge on any atom is -0.464 e. The second-order valence-corrected chi connectivity index (χ2v) is 13.4. The average molecular weight is 389 g/mol. The van der Waals surface area contributed by atoms with E-state index in [1.807, 2.05) is 36.4 Å². The standard InChI is InChI=1S/C20H28N2O4Si/c1-25-20(24)22-18(19(23)26-11-12-27(2,3)4)13-14-9-10-17(21)16-8-6-5-7-15(14)16/h5-10,18H,11-13,21H2,1-4H3,(H,22,24). The van der Waals surface area contributed by atoms with Crippen molar-refractivity contribution in [2.24, 2.45) is 0 Å². The van der Waals surface area contributed by atoms with Gasteiger partial charge in [-0.3, -0.25) is 0 Å². The van der Waals surface area contributed by atoms with Crippen LogP contribution in [0.5, 0.6) is 0 Å². The smallest absolute Gasteiger partial charge is 0.407 e. The monoisotopic (exact) mass is 388 g/mol. The van der Waals surface area contributed by atoms with Crippen LogP contribution in [-0.4, -0.2) is 39.9 Å². The largest absolute Gasteiger partial charge is 0.464 e. The Morgan fingerprint density at radius 2 is 1.78 bits per heavy atom. The number of nitrogens with one attached hydrogen (secondary N) is 1. The summed E-state index contributed by atoms with van der Waals surface area (Å²) in [5.41, 5.74) is 7.62. The van der Waals surface area contributed by atoms with E-state index in [1.165, 1.54) is 7.11 Å². The second kappa shape index (κ2) is 8.90. The predicted molar refractivity (Wildman–Crippen MR) is 111 cm³/mol. The van der Waals surface area contributed by atoms with Gasteiger partial charge in [0.15, 0.2) is 0 Å². The van der Waals surface area contributed by atoms with Crippen LogP contribution in [0.4, 0.5) is 10.5 Å². The Bertz CT molecular complexity index is 817. The lowest BCUT2D eigenvalue weighted by atomic mass is 9.97. The van der Waals surface area contributed by atoms with Crippen LogP contribution >= 0.6 is 0 Å². The molecule has 0 saturated heterocycles. The van der Waals surface area contributed by atoms with E-state index in [1.54, 1.807) is 0 Å². The Balaban J connectivity index is 2.21. The van der Waals surface area contributed by atoms with Crippen LogP contribution < -0.4 is 11.1 Å². The van der Waals surface area contributed by atoms with Gasteiger partial charge in [-0.2, -0.15) is 0 Å². The first-order valence-corrected chi connectivity index (χ1v) is 12.7. The highest BCUT2D eigenvalue weighted by Gasteiger charge is 2.25. The lowest BCUT2D eigenvalue weighted by Gasteiger charge is -2.20. The Morgan fingerprint density at radius 3 is 2.41 bits per heavy atom. The minimum atomic E-state index is -1.32. The highest BCUT2D eigenvalue weighted by Crippen LogP contribution is 2.25. The maximum atomic E-state index is 12.6. The van der Waals surface area contributed by atoms with E-state index in [9.17, 15) is 9.59 Å². The zero-order chi connectivity index (χ0) is 20.0. The first-order valence-electron chi connectivity index (χ1n) is 8.98. The molecule has 6 nitrogen and oxygen atoms in total. The fraction of sp³-hybridized carbons (Fsp3) is 0.400. The van der Waals surface area contributed by atoms with Gasteiger partial charge in [-0.15, -0.1) is 0 Å². The molecule has 1 amide bonds. The normalized spacial score (nSPS) is 12.4. The summed E-state index contributed by atoms with van der Waals surface area (Å²) < 4.78 is 10.1. The summed E-state index contributed by atoms with van der Waals surface area (Å²) in [7, 11) is -0.0521. The number of amides is 1. The van der Waals surface area contributed by atoms with Gasteiger partial charge in [0.05, 0.1) is 13.7 Å². The van der Waals surface area contributed by atoms with Crippen LogP contribution in [0.1, 0.15) is 5.56 Å². The number of fused-ring (bicyclic) bond motifs is 1. The molecule has 7 heteroatoms. The summed E-state index contributed by atoms with van der Waals surface area (Å²) in [6, 6.07) is 11.4. The first-order chi connectivity index (χ1) is 12.7. The molecule has 146 valence electrons. The van der Waals surface area contributed by atoms with Crippen molar-refractivity contribution in [2.45, 2.75) is 38.1 Å². The third kappa shape index (κ3) is 5.99. The number of ether oxygens (including phenoxy) is 2. The summed E-state index contributed by atoms with van der Waals surface area (Å²) in [5.74, 6) is -0.459. The van der Waals surface area contributed by atoms with Gasteiger partial charge in [-0.1, -0.05) is 50.0 Å². The second-order valence-electron chi connectivity index (χ2n) is 7.73. The van der Waals surface area contributed by atoms with E-state index >= 15 is 0 Å². The summed E-state index contributed by atoms with van der Waals surface area (Å²) >= 11 is 0. The number of hydrogen-bond acceptors (Lipinski definition) is 5. The molecule has 0 aliphatic heterocycles. The molecular formula is C20H28N2O4Si. The van der Waals surface area contributed by atoms with Gasteiger partial charge in [0.25, 0.3) is 0 Å². The van der Waals surface area contributed by atoms with E-state index in [-0.39, 0.29) is 0 Å². The highest BCUT2D eigenvalue weighted by molar-refractivity contribution is 6.76. The number of nitrogens with two attached hydrogens (primary N) is 1. The Hall–Kier alpha value is -2.54. The quantitative estimate of drug-likeness (QED) is 0.430. The first kappa shape index (κ1) is 20.8. The lowest BCUT2D eigenvalue weighted by Crippen LogP contribution is -2.43. The zero-order valence-electron chi connectivity index (χ0n) is 16.4. The van der Waals surface area contributed by atoms with Gasteiger partial charge >= 0.3 is 12.1 Å². The molecule has 0 radical (unpaired) electrons. The molecule has 3 N–H and O–H groups in total. The summed E-state index contributed by atoms with van der Waals surface area (Å²) in [6.45, 7) is 7.00. The molecule has 0 bridgehead atoms. The van der Waals surface area contributed by atoms with Crippen molar-refractivity contribution in [1.29, 1.82) is 0 Å². The Labute approximate surface area is 161 Å². The van der Waals surface area contributed by atoms with Gasteiger partial charge in [0, 0.05) is 25.6 Å². The molecule has 2 aromatic carbocycles. The number of benzene rings is 2. The van der Waals surface area contributed by atoms with Crippen molar-refractivity contribution in [3.8, 4) is 0 Å². The number of nitrogen functional groups attached to an aromatic ring is 1. The van der Waals surface area contributed by atoms with Crippen LogP contribution in [-0.2, 0) is 20.7 Å². The molecule has 27 heavy (non-hydrogen) atoms. The summed E-state index contributed by atoms with van der Waals surface area (Å²) in [5, 5.41) is 4.45. The molecule has 0 fully saturated rings. The molecule has 1 unspecified atom stereocenters. The lowest BCUT2D eigenvalue weighted by molar-refractivity contribution is -0.145. The number of alkyl carbamates (subject to hydrolysis) is 1. The SMILES string of the molecule is COC(=O)NC(Cc1ccc(N)c2ccccc12)C(=O)OCC[Si](C)(C)C. The molecule has 0 aliphatic rings. The molecule has 0 spiro atoms. The van der Waals surface area contributed by atoms with Crippen molar-refractivity contribution < 1.29 is 19.1 Å². The number of carbonyl (C=O) groups excluding carboxylic acids is 2. The van der Waals surface area contributed by atoms with Gasteiger partial charge in [0.1, 0.15) is 6.04 Å². The van der Waals surface area contributed by atoms with E-state index in [0.29, 0.717) is 18.7 Å². The van der Waals surface area contributed by atoms with Crippen LogP contribution in [0, 0.1) is 0 Å². The van der Waals surface area contributed by atoms with E-state index < -0.39 is 26.2 Å². The fourth-order valence-corrected chi connectivity index (χ4v) is 3.45. The van der Waals surface area contributed by atoms with Crippen LogP contribution in [0.25, 0.3) is 10.8 Å². The molecule has 2 aromatic rings. The number of esters is 1. The van der Waals surface area contributed by atoms with E-state index in [4.69, 9.17) is 10.5 Å².